The van der Waals surface area contributed by atoms with Crippen molar-refractivity contribution >= 4 is 27.5 Å². The monoisotopic (exact) mass is 594 g/mol. The fraction of sp³-hybridized carbons (Fsp3) is 0.448. The van der Waals surface area contributed by atoms with Crippen LogP contribution in [0.5, 0.6) is 5.75 Å². The fourth-order valence-corrected chi connectivity index (χ4v) is 5.74. The molecule has 1 heterocycles. The first-order chi connectivity index (χ1) is 19.3. The molecular weight excluding hydrogens is 560 g/mol. The summed E-state index contributed by atoms with van der Waals surface area (Å²) in [5.41, 5.74) is 3.12. The Balaban J connectivity index is 1.60. The molecule has 222 valence electrons. The van der Waals surface area contributed by atoms with Gasteiger partial charge in [-0.05, 0) is 56.1 Å². The molecule has 3 atom stereocenters. The van der Waals surface area contributed by atoms with Gasteiger partial charge in [-0.25, -0.2) is 17.9 Å². The molecule has 0 radical (unpaired) electrons. The summed E-state index contributed by atoms with van der Waals surface area (Å²) in [6.45, 7) is 1.12. The number of methoxy groups -OCH3 is 1. The number of halogens is 4. The standard InChI is InChI=1S/C29H34F4N4O3S/c1-37-14-12-26(24(30)18-37)36-25-7-3-5-19-8-9-21(17-29(31,32)33)20(15-23(19)25)6-4-13-35-27-11-10-22(41(34,38)39)16-28(27)40-2/h3,5,7,10-11,15-16,21,24,26,35-36H,8-9,12-14,17-18H2,1-2H3,(H2,34,38,39)/t21?,24-,26+/m1/s1. The molecule has 1 aliphatic carbocycles. The maximum absolute atomic E-state index is 14.8. The second kappa shape index (κ2) is 12.7. The Morgan fingerprint density at radius 1 is 1.17 bits per heavy atom. The van der Waals surface area contributed by atoms with Crippen molar-refractivity contribution in [3.8, 4) is 17.6 Å². The number of rotatable bonds is 7. The Morgan fingerprint density at radius 2 is 1.95 bits per heavy atom. The third-order valence-electron chi connectivity index (χ3n) is 7.36. The maximum atomic E-state index is 14.8. The molecule has 0 aromatic heterocycles. The van der Waals surface area contributed by atoms with Crippen LogP contribution in [0, 0.1) is 17.8 Å². The van der Waals surface area contributed by atoms with E-state index in [1.54, 1.807) is 6.08 Å². The summed E-state index contributed by atoms with van der Waals surface area (Å²) in [6, 6.07) is 9.23. The summed E-state index contributed by atoms with van der Waals surface area (Å²) in [7, 11) is -0.679. The van der Waals surface area contributed by atoms with E-state index in [0.717, 1.165) is 17.7 Å². The van der Waals surface area contributed by atoms with Crippen LogP contribution in [0.3, 0.4) is 0 Å². The predicted molar refractivity (Wildman–Crippen MR) is 152 cm³/mol. The van der Waals surface area contributed by atoms with Crippen LogP contribution in [-0.2, 0) is 16.4 Å². The van der Waals surface area contributed by atoms with Gasteiger partial charge in [0.2, 0.25) is 10.0 Å². The van der Waals surface area contributed by atoms with Gasteiger partial charge in [-0.15, -0.1) is 0 Å². The minimum absolute atomic E-state index is 0.0625. The first-order valence-electron chi connectivity index (χ1n) is 13.3. The quantitative estimate of drug-likeness (QED) is 0.315. The Kier molecular flexibility index (Phi) is 9.51. The summed E-state index contributed by atoms with van der Waals surface area (Å²) >= 11 is 0. The third-order valence-corrected chi connectivity index (χ3v) is 8.27. The summed E-state index contributed by atoms with van der Waals surface area (Å²) in [5, 5.41) is 11.5. The number of hydrogen-bond acceptors (Lipinski definition) is 6. The number of aryl methyl sites for hydroxylation is 1. The van der Waals surface area contributed by atoms with Crippen molar-refractivity contribution in [2.24, 2.45) is 11.1 Å². The lowest BCUT2D eigenvalue weighted by molar-refractivity contribution is -0.141. The number of nitrogens with two attached hydrogens (primary N) is 1. The number of fused-ring (bicyclic) bond motifs is 1. The lowest BCUT2D eigenvalue weighted by Gasteiger charge is -2.33. The molecule has 12 heteroatoms. The normalized spacial score (nSPS) is 21.5. The van der Waals surface area contributed by atoms with E-state index in [1.165, 1.54) is 25.3 Å². The Labute approximate surface area is 238 Å². The molecule has 2 aliphatic rings. The minimum atomic E-state index is -4.37. The molecule has 4 N–H and O–H groups in total. The molecular formula is C29H34F4N4O3S. The van der Waals surface area contributed by atoms with E-state index >= 15 is 0 Å². The van der Waals surface area contributed by atoms with Crippen LogP contribution in [0.2, 0.25) is 0 Å². The van der Waals surface area contributed by atoms with Gasteiger partial charge in [-0.3, -0.25) is 0 Å². The average molecular weight is 595 g/mol. The summed E-state index contributed by atoms with van der Waals surface area (Å²) in [4.78, 5) is 1.81. The largest absolute Gasteiger partial charge is 0.495 e. The number of alkyl halides is 4. The molecule has 2 aromatic rings. The molecule has 0 amide bonds. The van der Waals surface area contributed by atoms with E-state index in [9.17, 15) is 26.0 Å². The van der Waals surface area contributed by atoms with E-state index in [2.05, 4.69) is 22.5 Å². The topological polar surface area (TPSA) is 96.7 Å². The second-order valence-electron chi connectivity index (χ2n) is 10.4. The van der Waals surface area contributed by atoms with Crippen LogP contribution < -0.4 is 20.5 Å². The SMILES string of the molecule is COc1cc(S(N)(=O)=O)ccc1NCC#CC1=Cc2c(cccc2N[C@H]2CCN(C)C[C@H]2F)CCC1CC(F)(F)F. The highest BCUT2D eigenvalue weighted by atomic mass is 32.2. The highest BCUT2D eigenvalue weighted by molar-refractivity contribution is 7.89. The van der Waals surface area contributed by atoms with E-state index in [4.69, 9.17) is 9.88 Å². The van der Waals surface area contributed by atoms with Crippen molar-refractivity contribution in [1.82, 2.24) is 4.90 Å². The van der Waals surface area contributed by atoms with Crippen molar-refractivity contribution in [2.75, 3.05) is 44.4 Å². The van der Waals surface area contributed by atoms with E-state index in [-0.39, 0.29) is 23.6 Å². The van der Waals surface area contributed by atoms with Gasteiger partial charge in [-0.1, -0.05) is 24.0 Å². The van der Waals surface area contributed by atoms with Crippen LogP contribution in [0.1, 0.15) is 30.4 Å². The molecule has 4 rings (SSSR count). The van der Waals surface area contributed by atoms with Crippen LogP contribution in [0.4, 0.5) is 28.9 Å². The van der Waals surface area contributed by atoms with Crippen molar-refractivity contribution in [2.45, 2.75) is 49.0 Å². The zero-order valence-electron chi connectivity index (χ0n) is 22.9. The van der Waals surface area contributed by atoms with Gasteiger partial charge in [0.15, 0.2) is 0 Å². The fourth-order valence-electron chi connectivity index (χ4n) is 5.21. The number of nitrogens with one attached hydrogen (secondary N) is 2. The molecule has 1 aliphatic heterocycles. The maximum Gasteiger partial charge on any atom is 0.389 e. The third kappa shape index (κ3) is 8.15. The number of ether oxygens (including phenoxy) is 1. The number of allylic oxidation sites excluding steroid dienone is 1. The molecule has 41 heavy (non-hydrogen) atoms. The second-order valence-corrected chi connectivity index (χ2v) is 12.0. The number of piperidine rings is 1. The van der Waals surface area contributed by atoms with Gasteiger partial charge in [0.1, 0.15) is 11.9 Å². The molecule has 0 spiro atoms. The highest BCUT2D eigenvalue weighted by Gasteiger charge is 2.34. The van der Waals surface area contributed by atoms with Crippen molar-refractivity contribution in [3.63, 3.8) is 0 Å². The van der Waals surface area contributed by atoms with Crippen LogP contribution in [0.15, 0.2) is 46.9 Å². The number of nitrogens with zero attached hydrogens (tertiary/aromatic N) is 1. The summed E-state index contributed by atoms with van der Waals surface area (Å²) in [6.07, 6.45) is -3.41. The van der Waals surface area contributed by atoms with Crippen molar-refractivity contribution < 1.29 is 30.7 Å². The molecule has 0 saturated carbocycles. The smallest absolute Gasteiger partial charge is 0.389 e. The molecule has 7 nitrogen and oxygen atoms in total. The van der Waals surface area contributed by atoms with Crippen molar-refractivity contribution in [1.29, 1.82) is 0 Å². The first-order valence-corrected chi connectivity index (χ1v) is 14.8. The van der Waals surface area contributed by atoms with E-state index < -0.39 is 40.8 Å². The Morgan fingerprint density at radius 3 is 2.63 bits per heavy atom. The van der Waals surface area contributed by atoms with Crippen LogP contribution >= 0.6 is 0 Å². The van der Waals surface area contributed by atoms with Crippen LogP contribution in [0.25, 0.3) is 6.08 Å². The Bertz CT molecular complexity index is 1450. The van der Waals surface area contributed by atoms with Gasteiger partial charge in [0.25, 0.3) is 0 Å². The Hall–Kier alpha value is -3.27. The van der Waals surface area contributed by atoms with E-state index in [1.807, 2.05) is 30.1 Å². The van der Waals surface area contributed by atoms with Crippen LogP contribution in [-0.4, -0.2) is 65.5 Å². The molecule has 0 bridgehead atoms. The van der Waals surface area contributed by atoms with Gasteiger partial charge >= 0.3 is 6.18 Å². The van der Waals surface area contributed by atoms with Crippen molar-refractivity contribution in [3.05, 3.63) is 53.1 Å². The lowest BCUT2D eigenvalue weighted by atomic mass is 9.91. The lowest BCUT2D eigenvalue weighted by Crippen LogP contribution is -2.46. The zero-order valence-corrected chi connectivity index (χ0v) is 23.7. The van der Waals surface area contributed by atoms with Gasteiger partial charge in [0.05, 0.1) is 36.7 Å². The first kappa shape index (κ1) is 30.7. The number of sulfonamides is 1. The van der Waals surface area contributed by atoms with E-state index in [0.29, 0.717) is 36.3 Å². The average Bonchev–Trinajstić information content (AvgIpc) is 3.06. The molecule has 2 aromatic carbocycles. The molecule has 1 unspecified atom stereocenters. The molecule has 1 fully saturated rings. The van der Waals surface area contributed by atoms with Gasteiger partial charge in [-0.2, -0.15) is 13.2 Å². The highest BCUT2D eigenvalue weighted by Crippen LogP contribution is 2.38. The minimum Gasteiger partial charge on any atom is -0.495 e. The number of hydrogen-bond donors (Lipinski definition) is 3. The number of anilines is 2. The number of likely N-dealkylation sites (tertiary alicyclic amines) is 1. The predicted octanol–water partition coefficient (Wildman–Crippen LogP) is 4.81. The number of benzene rings is 2. The summed E-state index contributed by atoms with van der Waals surface area (Å²) in [5.74, 6) is 5.25. The molecule has 1 saturated heterocycles. The van der Waals surface area contributed by atoms with Gasteiger partial charge < -0.3 is 20.3 Å². The van der Waals surface area contributed by atoms with Gasteiger partial charge in [0, 0.05) is 41.9 Å². The number of primary sulfonamides is 1. The summed E-state index contributed by atoms with van der Waals surface area (Å²) < 4.78 is 83.9. The zero-order chi connectivity index (χ0) is 29.8.